The Morgan fingerprint density at radius 3 is 2.00 bits per heavy atom. The molecule has 1 rings (SSSR count). The van der Waals surface area contributed by atoms with Crippen LogP contribution in [0.3, 0.4) is 0 Å². The Hall–Kier alpha value is -0.643. The van der Waals surface area contributed by atoms with Gasteiger partial charge < -0.3 is 8.85 Å². The first-order valence-corrected chi connectivity index (χ1v) is 8.36. The highest BCUT2D eigenvalue weighted by atomic mass is 28.4. The van der Waals surface area contributed by atoms with E-state index in [1.807, 2.05) is 19.9 Å². The number of rotatable bonds is 6. The van der Waals surface area contributed by atoms with E-state index in [0.29, 0.717) is 5.54 Å². The van der Waals surface area contributed by atoms with Gasteiger partial charge >= 0.3 is 8.56 Å². The van der Waals surface area contributed by atoms with Crippen molar-refractivity contribution in [3.63, 3.8) is 0 Å². The molecule has 0 aliphatic heterocycles. The van der Waals surface area contributed by atoms with Crippen LogP contribution in [0.5, 0.6) is 0 Å². The van der Waals surface area contributed by atoms with E-state index >= 15 is 0 Å². The summed E-state index contributed by atoms with van der Waals surface area (Å²) < 4.78 is 11.8. The highest BCUT2D eigenvalue weighted by Crippen LogP contribution is 2.28. The summed E-state index contributed by atoms with van der Waals surface area (Å²) in [5.74, 6) is 0. The molecule has 0 bridgehead atoms. The van der Waals surface area contributed by atoms with E-state index in [-0.39, 0.29) is 0 Å². The second-order valence-electron chi connectivity index (χ2n) is 4.01. The molecule has 1 unspecified atom stereocenters. The predicted molar refractivity (Wildman–Crippen MR) is 69.7 cm³/mol. The number of hydrogen-bond donors (Lipinski definition) is 0. The average molecular weight is 238 g/mol. The summed E-state index contributed by atoms with van der Waals surface area (Å²) in [5, 5.41) is 0. The zero-order valence-electron chi connectivity index (χ0n) is 10.7. The Morgan fingerprint density at radius 1 is 1.06 bits per heavy atom. The minimum atomic E-state index is -2.09. The molecule has 1 aromatic carbocycles. The van der Waals surface area contributed by atoms with Crippen molar-refractivity contribution in [2.45, 2.75) is 32.9 Å². The third-order valence-corrected chi connectivity index (χ3v) is 6.58. The third-order valence-electron chi connectivity index (χ3n) is 2.95. The van der Waals surface area contributed by atoms with Gasteiger partial charge in [0.25, 0.3) is 0 Å². The summed E-state index contributed by atoms with van der Waals surface area (Å²) in [4.78, 5) is 0. The van der Waals surface area contributed by atoms with Gasteiger partial charge in [0.2, 0.25) is 0 Å². The molecule has 0 radical (unpaired) electrons. The summed E-state index contributed by atoms with van der Waals surface area (Å²) in [6, 6.07) is 10.5. The van der Waals surface area contributed by atoms with Crippen LogP contribution in [-0.4, -0.2) is 21.8 Å². The molecule has 0 saturated heterocycles. The molecule has 0 heterocycles. The highest BCUT2D eigenvalue weighted by molar-refractivity contribution is 6.67. The third kappa shape index (κ3) is 3.17. The van der Waals surface area contributed by atoms with Crippen molar-refractivity contribution in [2.75, 3.05) is 13.2 Å². The van der Waals surface area contributed by atoms with Crippen LogP contribution in [-0.2, 0) is 8.85 Å². The fraction of sp³-hybridized carbons (Fsp3) is 0.538. The van der Waals surface area contributed by atoms with Gasteiger partial charge in [0, 0.05) is 18.8 Å². The fourth-order valence-electron chi connectivity index (χ4n) is 1.91. The van der Waals surface area contributed by atoms with Gasteiger partial charge in [-0.1, -0.05) is 37.3 Å². The summed E-state index contributed by atoms with van der Waals surface area (Å²) in [6.07, 6.45) is 0. The van der Waals surface area contributed by atoms with Crippen LogP contribution < -0.4 is 0 Å². The van der Waals surface area contributed by atoms with Crippen molar-refractivity contribution in [1.29, 1.82) is 0 Å². The first-order chi connectivity index (χ1) is 7.64. The Bertz CT molecular complexity index is 294. The molecular weight excluding hydrogens is 216 g/mol. The lowest BCUT2D eigenvalue weighted by molar-refractivity contribution is 0.181. The molecule has 0 saturated carbocycles. The van der Waals surface area contributed by atoms with E-state index in [1.54, 1.807) is 0 Å². The summed E-state index contributed by atoms with van der Waals surface area (Å²) in [7, 11) is -2.09. The Morgan fingerprint density at radius 2 is 1.56 bits per heavy atom. The van der Waals surface area contributed by atoms with E-state index < -0.39 is 8.56 Å². The summed E-state index contributed by atoms with van der Waals surface area (Å²) in [5.41, 5.74) is 1.66. The van der Waals surface area contributed by atoms with Gasteiger partial charge in [-0.2, -0.15) is 0 Å². The zero-order valence-corrected chi connectivity index (χ0v) is 11.7. The lowest BCUT2D eigenvalue weighted by atomic mass is 10.2. The maximum Gasteiger partial charge on any atom is 0.342 e. The molecule has 0 aliphatic carbocycles. The minimum absolute atomic E-state index is 0.355. The van der Waals surface area contributed by atoms with Gasteiger partial charge in [-0.3, -0.25) is 0 Å². The second-order valence-corrected chi connectivity index (χ2v) is 7.49. The van der Waals surface area contributed by atoms with Crippen LogP contribution in [0.25, 0.3) is 0 Å². The first-order valence-electron chi connectivity index (χ1n) is 5.97. The average Bonchev–Trinajstić information content (AvgIpc) is 2.30. The number of hydrogen-bond acceptors (Lipinski definition) is 2. The molecule has 0 amide bonds. The van der Waals surface area contributed by atoms with Gasteiger partial charge in [0.15, 0.2) is 0 Å². The topological polar surface area (TPSA) is 18.5 Å². The fourth-order valence-corrected chi connectivity index (χ4v) is 4.44. The van der Waals surface area contributed by atoms with E-state index in [4.69, 9.17) is 8.85 Å². The Labute approximate surface area is 99.8 Å². The van der Waals surface area contributed by atoms with Crippen molar-refractivity contribution in [3.8, 4) is 0 Å². The quantitative estimate of drug-likeness (QED) is 0.706. The molecule has 2 nitrogen and oxygen atoms in total. The van der Waals surface area contributed by atoms with Crippen molar-refractivity contribution < 1.29 is 8.85 Å². The van der Waals surface area contributed by atoms with Gasteiger partial charge in [-0.25, -0.2) is 0 Å². The van der Waals surface area contributed by atoms with Crippen LogP contribution in [0.1, 0.15) is 31.9 Å². The molecule has 1 aromatic rings. The monoisotopic (exact) mass is 238 g/mol. The van der Waals surface area contributed by atoms with E-state index in [2.05, 4.69) is 37.7 Å². The molecule has 0 aliphatic rings. The molecule has 3 heteroatoms. The zero-order chi connectivity index (χ0) is 12.0. The van der Waals surface area contributed by atoms with Crippen molar-refractivity contribution in [2.24, 2.45) is 0 Å². The Balaban J connectivity index is 2.86. The normalized spacial score (nSPS) is 13.8. The number of benzene rings is 1. The first kappa shape index (κ1) is 13.4. The molecule has 0 N–H and O–H groups in total. The van der Waals surface area contributed by atoms with Crippen LogP contribution in [0.2, 0.25) is 6.55 Å². The maximum atomic E-state index is 5.90. The standard InChI is InChI=1S/C13H22O2Si/c1-5-14-16(4,15-6-2)12(3)13-10-8-7-9-11-13/h7-12H,5-6H2,1-4H3. The van der Waals surface area contributed by atoms with Gasteiger partial charge in [0.05, 0.1) is 0 Å². The van der Waals surface area contributed by atoms with Crippen LogP contribution >= 0.6 is 0 Å². The molecule has 0 fully saturated rings. The van der Waals surface area contributed by atoms with Crippen LogP contribution in [0.15, 0.2) is 30.3 Å². The van der Waals surface area contributed by atoms with Gasteiger partial charge in [-0.15, -0.1) is 0 Å². The van der Waals surface area contributed by atoms with Crippen molar-refractivity contribution in [1.82, 2.24) is 0 Å². The maximum absolute atomic E-state index is 5.90. The smallest absolute Gasteiger partial charge is 0.342 e. The van der Waals surface area contributed by atoms with Crippen LogP contribution in [0, 0.1) is 0 Å². The highest BCUT2D eigenvalue weighted by Gasteiger charge is 2.38. The predicted octanol–water partition coefficient (Wildman–Crippen LogP) is 3.47. The molecule has 0 aromatic heterocycles. The molecule has 16 heavy (non-hydrogen) atoms. The Kier molecular flexibility index (Phi) is 5.18. The lowest BCUT2D eigenvalue weighted by Crippen LogP contribution is -2.44. The van der Waals surface area contributed by atoms with E-state index in [0.717, 1.165) is 13.2 Å². The minimum Gasteiger partial charge on any atom is -0.394 e. The summed E-state index contributed by atoms with van der Waals surface area (Å²) >= 11 is 0. The van der Waals surface area contributed by atoms with Gasteiger partial charge in [0.1, 0.15) is 0 Å². The second kappa shape index (κ2) is 6.18. The van der Waals surface area contributed by atoms with E-state index in [1.165, 1.54) is 5.56 Å². The SMILES string of the molecule is CCO[Si](C)(OCC)C(C)c1ccccc1. The molecule has 90 valence electrons. The molecular formula is C13H22O2Si. The summed E-state index contributed by atoms with van der Waals surface area (Å²) in [6.45, 7) is 9.86. The van der Waals surface area contributed by atoms with Crippen molar-refractivity contribution >= 4 is 8.56 Å². The molecule has 1 atom stereocenters. The van der Waals surface area contributed by atoms with Crippen molar-refractivity contribution in [3.05, 3.63) is 35.9 Å². The largest absolute Gasteiger partial charge is 0.394 e. The lowest BCUT2D eigenvalue weighted by Gasteiger charge is -2.32. The van der Waals surface area contributed by atoms with E-state index in [9.17, 15) is 0 Å². The van der Waals surface area contributed by atoms with Gasteiger partial charge in [-0.05, 0) is 26.0 Å². The van der Waals surface area contributed by atoms with Crippen LogP contribution in [0.4, 0.5) is 0 Å². The molecule has 0 spiro atoms.